The van der Waals surface area contributed by atoms with Crippen molar-refractivity contribution < 1.29 is 18.9 Å². The van der Waals surface area contributed by atoms with E-state index in [9.17, 15) is 19.7 Å². The van der Waals surface area contributed by atoms with Crippen molar-refractivity contribution in [1.82, 2.24) is 5.32 Å². The van der Waals surface area contributed by atoms with E-state index in [0.717, 1.165) is 6.07 Å². The minimum Gasteiger partial charge on any atom is -0.395 e. The normalized spacial score (nSPS) is 10.4. The second kappa shape index (κ2) is 6.73. The van der Waals surface area contributed by atoms with Crippen LogP contribution in [0.4, 0.5) is 11.6 Å². The third kappa shape index (κ3) is 3.94. The number of nitrogens with zero attached hydrogens (tertiary/aromatic N) is 1. The molecule has 1 aromatic carbocycles. The first-order valence-corrected chi connectivity index (χ1v) is 6.84. The highest BCUT2D eigenvalue weighted by Crippen LogP contribution is 2.19. The van der Waals surface area contributed by atoms with Crippen molar-refractivity contribution in [3.63, 3.8) is 0 Å². The van der Waals surface area contributed by atoms with Gasteiger partial charge in [0.15, 0.2) is 5.76 Å². The van der Waals surface area contributed by atoms with E-state index in [0.29, 0.717) is 0 Å². The second-order valence-electron chi connectivity index (χ2n) is 5.02. The highest BCUT2D eigenvalue weighted by atomic mass is 16.6. The smallest absolute Gasteiger partial charge is 0.395 e. The molecule has 0 fully saturated rings. The summed E-state index contributed by atoms with van der Waals surface area (Å²) in [6.07, 6.45) is 0. The summed E-state index contributed by atoms with van der Waals surface area (Å²) >= 11 is 0. The van der Waals surface area contributed by atoms with Crippen LogP contribution in [-0.4, -0.2) is 22.8 Å². The van der Waals surface area contributed by atoms with Crippen molar-refractivity contribution in [2.45, 2.75) is 19.9 Å². The highest BCUT2D eigenvalue weighted by Gasteiger charge is 2.19. The predicted molar refractivity (Wildman–Crippen MR) is 82.4 cm³/mol. The summed E-state index contributed by atoms with van der Waals surface area (Å²) in [4.78, 5) is 34.0. The van der Waals surface area contributed by atoms with Crippen molar-refractivity contribution >= 4 is 23.4 Å². The Bertz CT molecular complexity index is 751. The molecule has 0 aliphatic carbocycles. The Morgan fingerprint density at radius 2 is 1.83 bits per heavy atom. The number of hydrogen-bond acceptors (Lipinski definition) is 5. The molecule has 0 bridgehead atoms. The van der Waals surface area contributed by atoms with Crippen LogP contribution in [0.5, 0.6) is 0 Å². The van der Waals surface area contributed by atoms with Crippen LogP contribution in [0.15, 0.2) is 40.8 Å². The van der Waals surface area contributed by atoms with Crippen LogP contribution in [0.25, 0.3) is 0 Å². The molecule has 2 rings (SSSR count). The fraction of sp³-hybridized carbons (Fsp3) is 0.200. The van der Waals surface area contributed by atoms with Gasteiger partial charge in [-0.25, -0.2) is 0 Å². The summed E-state index contributed by atoms with van der Waals surface area (Å²) in [5.74, 6) is -1.75. The Balaban J connectivity index is 2.20. The molecular weight excluding hydrogens is 302 g/mol. The zero-order valence-corrected chi connectivity index (χ0v) is 12.5. The van der Waals surface area contributed by atoms with Gasteiger partial charge in [-0.05, 0) is 32.0 Å². The standard InChI is InChI=1S/C15H15N3O5/c1-9(2)16-14(19)10-5-3-4-6-11(10)17-15(20)12-7-8-13(23-12)18(21)22/h3-9H,1-2H3,(H,16,19)(H,17,20). The molecule has 0 aliphatic rings. The topological polar surface area (TPSA) is 114 Å². The Kier molecular flexibility index (Phi) is 4.75. The predicted octanol–water partition coefficient (Wildman–Crippen LogP) is 2.58. The molecule has 120 valence electrons. The van der Waals surface area contributed by atoms with Gasteiger partial charge in [0.1, 0.15) is 4.92 Å². The lowest BCUT2D eigenvalue weighted by Crippen LogP contribution is -2.31. The molecule has 1 heterocycles. The van der Waals surface area contributed by atoms with Gasteiger partial charge in [0, 0.05) is 6.04 Å². The van der Waals surface area contributed by atoms with E-state index in [1.54, 1.807) is 24.3 Å². The fourth-order valence-electron chi connectivity index (χ4n) is 1.86. The Hall–Kier alpha value is -3.16. The van der Waals surface area contributed by atoms with Crippen LogP contribution in [-0.2, 0) is 0 Å². The van der Waals surface area contributed by atoms with Crippen molar-refractivity contribution in [2.24, 2.45) is 0 Å². The SMILES string of the molecule is CC(C)NC(=O)c1ccccc1NC(=O)c1ccc([N+](=O)[O-])o1. The molecule has 8 heteroatoms. The van der Waals surface area contributed by atoms with E-state index in [1.165, 1.54) is 6.07 Å². The van der Waals surface area contributed by atoms with Gasteiger partial charge in [-0.15, -0.1) is 0 Å². The van der Waals surface area contributed by atoms with Gasteiger partial charge in [-0.3, -0.25) is 19.7 Å². The van der Waals surface area contributed by atoms with Crippen LogP contribution < -0.4 is 10.6 Å². The van der Waals surface area contributed by atoms with E-state index >= 15 is 0 Å². The monoisotopic (exact) mass is 317 g/mol. The molecule has 0 spiro atoms. The quantitative estimate of drug-likeness (QED) is 0.649. The molecule has 0 aliphatic heterocycles. The maximum Gasteiger partial charge on any atom is 0.433 e. The van der Waals surface area contributed by atoms with E-state index in [2.05, 4.69) is 10.6 Å². The van der Waals surface area contributed by atoms with Gasteiger partial charge >= 0.3 is 5.88 Å². The van der Waals surface area contributed by atoms with Gasteiger partial charge in [0.2, 0.25) is 0 Å². The summed E-state index contributed by atoms with van der Waals surface area (Å²) in [5, 5.41) is 15.8. The summed E-state index contributed by atoms with van der Waals surface area (Å²) in [7, 11) is 0. The molecule has 0 radical (unpaired) electrons. The second-order valence-corrected chi connectivity index (χ2v) is 5.02. The van der Waals surface area contributed by atoms with Crippen LogP contribution in [0, 0.1) is 10.1 Å². The number of nitrogens with one attached hydrogen (secondary N) is 2. The number of nitro groups is 1. The third-order valence-corrected chi connectivity index (χ3v) is 2.84. The minimum absolute atomic E-state index is 0.0565. The largest absolute Gasteiger partial charge is 0.433 e. The number of carbonyl (C=O) groups is 2. The molecule has 0 atom stereocenters. The van der Waals surface area contributed by atoms with Gasteiger partial charge in [-0.2, -0.15) is 0 Å². The number of hydrogen-bond donors (Lipinski definition) is 2. The number of amides is 2. The zero-order chi connectivity index (χ0) is 17.0. The van der Waals surface area contributed by atoms with Gasteiger partial charge in [0.25, 0.3) is 11.8 Å². The lowest BCUT2D eigenvalue weighted by atomic mass is 10.1. The van der Waals surface area contributed by atoms with Crippen LogP contribution in [0.1, 0.15) is 34.8 Å². The maximum atomic E-state index is 12.1. The molecule has 1 aromatic heterocycles. The number of anilines is 1. The number of rotatable bonds is 5. The molecule has 0 unspecified atom stereocenters. The minimum atomic E-state index is -0.735. The average molecular weight is 317 g/mol. The van der Waals surface area contributed by atoms with E-state index in [1.807, 2.05) is 13.8 Å². The van der Waals surface area contributed by atoms with Gasteiger partial charge in [0.05, 0.1) is 17.3 Å². The first kappa shape index (κ1) is 16.2. The van der Waals surface area contributed by atoms with E-state index < -0.39 is 16.7 Å². The first-order valence-electron chi connectivity index (χ1n) is 6.84. The molecule has 23 heavy (non-hydrogen) atoms. The van der Waals surface area contributed by atoms with Crippen LogP contribution in [0.2, 0.25) is 0 Å². The summed E-state index contributed by atoms with van der Waals surface area (Å²) in [6, 6.07) is 8.69. The van der Waals surface area contributed by atoms with Crippen LogP contribution >= 0.6 is 0 Å². The molecule has 0 saturated carbocycles. The lowest BCUT2D eigenvalue weighted by molar-refractivity contribution is -0.402. The zero-order valence-electron chi connectivity index (χ0n) is 12.5. The maximum absolute atomic E-state index is 12.1. The summed E-state index contributed by atoms with van der Waals surface area (Å²) in [6.45, 7) is 3.64. The Morgan fingerprint density at radius 1 is 1.13 bits per heavy atom. The fourth-order valence-corrected chi connectivity index (χ4v) is 1.86. The Labute approximate surface area is 131 Å². The number of carbonyl (C=O) groups excluding carboxylic acids is 2. The van der Waals surface area contributed by atoms with E-state index in [4.69, 9.17) is 4.42 Å². The van der Waals surface area contributed by atoms with Crippen molar-refractivity contribution in [3.8, 4) is 0 Å². The lowest BCUT2D eigenvalue weighted by Gasteiger charge is -2.12. The molecular formula is C15H15N3O5. The molecule has 2 aromatic rings. The third-order valence-electron chi connectivity index (χ3n) is 2.84. The average Bonchev–Trinajstić information content (AvgIpc) is 2.97. The first-order chi connectivity index (χ1) is 10.9. The number of benzene rings is 1. The van der Waals surface area contributed by atoms with Crippen molar-refractivity contribution in [1.29, 1.82) is 0 Å². The highest BCUT2D eigenvalue weighted by molar-refractivity contribution is 6.08. The van der Waals surface area contributed by atoms with Gasteiger partial charge in [-0.1, -0.05) is 12.1 Å². The Morgan fingerprint density at radius 3 is 2.43 bits per heavy atom. The van der Waals surface area contributed by atoms with E-state index in [-0.39, 0.29) is 29.0 Å². The molecule has 2 N–H and O–H groups in total. The van der Waals surface area contributed by atoms with Crippen molar-refractivity contribution in [3.05, 3.63) is 57.8 Å². The van der Waals surface area contributed by atoms with Crippen molar-refractivity contribution in [2.75, 3.05) is 5.32 Å². The molecule has 2 amide bonds. The molecule has 0 saturated heterocycles. The van der Waals surface area contributed by atoms with Gasteiger partial charge < -0.3 is 15.1 Å². The summed E-state index contributed by atoms with van der Waals surface area (Å²) in [5.41, 5.74) is 0.574. The molecule has 8 nitrogen and oxygen atoms in total. The van der Waals surface area contributed by atoms with Crippen LogP contribution in [0.3, 0.4) is 0 Å². The number of furan rings is 1. The number of para-hydroxylation sites is 1. The summed E-state index contributed by atoms with van der Waals surface area (Å²) < 4.78 is 4.83.